The molecule has 0 radical (unpaired) electrons. The Hall–Kier alpha value is -1.59. The number of nitrogens with one attached hydrogen (secondary N) is 2. The fourth-order valence-electron chi connectivity index (χ4n) is 2.94. The highest BCUT2D eigenvalue weighted by Crippen LogP contribution is 2.24. The number of hydrogen-bond donors (Lipinski definition) is 2. The first-order valence-electron chi connectivity index (χ1n) is 9.00. The fourth-order valence-corrected chi connectivity index (χ4v) is 2.94. The van der Waals surface area contributed by atoms with Gasteiger partial charge in [-0.3, -0.25) is 4.79 Å². The second-order valence-corrected chi connectivity index (χ2v) is 6.34. The third-order valence-corrected chi connectivity index (χ3v) is 4.40. The van der Waals surface area contributed by atoms with Crippen LogP contribution in [-0.2, 0) is 4.74 Å². The summed E-state index contributed by atoms with van der Waals surface area (Å²) in [4.78, 5) is 12.0. The van der Waals surface area contributed by atoms with E-state index in [9.17, 15) is 4.79 Å². The van der Waals surface area contributed by atoms with Crippen molar-refractivity contribution in [3.8, 4) is 5.75 Å². The van der Waals surface area contributed by atoms with E-state index in [-0.39, 0.29) is 5.91 Å². The second kappa shape index (κ2) is 11.0. The molecule has 0 heterocycles. The molecule has 1 aromatic rings. The Labute approximate surface area is 145 Å². The van der Waals surface area contributed by atoms with Gasteiger partial charge < -0.3 is 20.1 Å². The number of carbonyl (C=O) groups is 1. The van der Waals surface area contributed by atoms with Crippen molar-refractivity contribution < 1.29 is 14.3 Å². The van der Waals surface area contributed by atoms with Gasteiger partial charge in [0.25, 0.3) is 5.91 Å². The molecule has 0 saturated heterocycles. The predicted molar refractivity (Wildman–Crippen MR) is 95.6 cm³/mol. The molecule has 0 aromatic heterocycles. The molecule has 1 amide bonds. The smallest absolute Gasteiger partial charge is 0.251 e. The van der Waals surface area contributed by atoms with Crippen molar-refractivity contribution >= 4 is 5.91 Å². The van der Waals surface area contributed by atoms with Crippen molar-refractivity contribution in [3.63, 3.8) is 0 Å². The quantitative estimate of drug-likeness (QED) is 0.646. The topological polar surface area (TPSA) is 59.6 Å². The average Bonchev–Trinajstić information content (AvgIpc) is 2.64. The van der Waals surface area contributed by atoms with E-state index >= 15 is 0 Å². The Morgan fingerprint density at radius 1 is 1.08 bits per heavy atom. The van der Waals surface area contributed by atoms with E-state index in [0.29, 0.717) is 24.6 Å². The minimum absolute atomic E-state index is 0.0534. The largest absolute Gasteiger partial charge is 0.493 e. The number of carbonyl (C=O) groups excluding carboxylic acids is 1. The minimum atomic E-state index is -0.0534. The van der Waals surface area contributed by atoms with E-state index in [1.165, 1.54) is 32.1 Å². The van der Waals surface area contributed by atoms with Crippen LogP contribution in [-0.4, -0.2) is 45.9 Å². The average molecular weight is 334 g/mol. The molecule has 1 aliphatic carbocycles. The zero-order chi connectivity index (χ0) is 17.0. The first kappa shape index (κ1) is 18.7. The van der Waals surface area contributed by atoms with E-state index in [2.05, 4.69) is 10.6 Å². The van der Waals surface area contributed by atoms with E-state index < -0.39 is 0 Å². The van der Waals surface area contributed by atoms with Crippen LogP contribution >= 0.6 is 0 Å². The van der Waals surface area contributed by atoms with Crippen molar-refractivity contribution in [3.05, 3.63) is 29.8 Å². The van der Waals surface area contributed by atoms with Crippen LogP contribution in [0.3, 0.4) is 0 Å². The van der Waals surface area contributed by atoms with Gasteiger partial charge >= 0.3 is 0 Å². The van der Waals surface area contributed by atoms with Crippen LogP contribution in [0.1, 0.15) is 42.5 Å². The molecule has 134 valence electrons. The van der Waals surface area contributed by atoms with Gasteiger partial charge in [0.2, 0.25) is 0 Å². The van der Waals surface area contributed by atoms with Crippen LogP contribution < -0.4 is 15.4 Å². The van der Waals surface area contributed by atoms with Gasteiger partial charge in [-0.25, -0.2) is 0 Å². The summed E-state index contributed by atoms with van der Waals surface area (Å²) < 4.78 is 10.8. The van der Waals surface area contributed by atoms with Crippen molar-refractivity contribution in [2.75, 3.05) is 40.0 Å². The molecule has 0 atom stereocenters. The van der Waals surface area contributed by atoms with Crippen LogP contribution in [0.4, 0.5) is 0 Å². The molecule has 24 heavy (non-hydrogen) atoms. The lowest BCUT2D eigenvalue weighted by molar-refractivity contribution is 0.0953. The summed E-state index contributed by atoms with van der Waals surface area (Å²) in [6, 6.07) is 7.41. The highest BCUT2D eigenvalue weighted by Gasteiger charge is 2.14. The lowest BCUT2D eigenvalue weighted by Gasteiger charge is -2.21. The highest BCUT2D eigenvalue weighted by molar-refractivity contribution is 5.94. The van der Waals surface area contributed by atoms with Gasteiger partial charge in [-0.2, -0.15) is 0 Å². The Kier molecular flexibility index (Phi) is 8.63. The van der Waals surface area contributed by atoms with E-state index in [1.54, 1.807) is 7.11 Å². The summed E-state index contributed by atoms with van der Waals surface area (Å²) in [5, 5.41) is 6.09. The number of amides is 1. The van der Waals surface area contributed by atoms with Gasteiger partial charge in [0.05, 0.1) is 13.2 Å². The zero-order valence-electron chi connectivity index (χ0n) is 14.7. The van der Waals surface area contributed by atoms with Gasteiger partial charge in [-0.05, 0) is 43.0 Å². The van der Waals surface area contributed by atoms with Crippen LogP contribution in [0.15, 0.2) is 24.3 Å². The maximum Gasteiger partial charge on any atom is 0.251 e. The Morgan fingerprint density at radius 2 is 1.83 bits per heavy atom. The summed E-state index contributed by atoms with van der Waals surface area (Å²) >= 11 is 0. The highest BCUT2D eigenvalue weighted by atomic mass is 16.5. The summed E-state index contributed by atoms with van der Waals surface area (Å²) in [5.74, 6) is 1.48. The molecule has 1 aromatic carbocycles. The van der Waals surface area contributed by atoms with E-state index in [4.69, 9.17) is 9.47 Å². The van der Waals surface area contributed by atoms with Crippen LogP contribution in [0.2, 0.25) is 0 Å². The van der Waals surface area contributed by atoms with Gasteiger partial charge in [0, 0.05) is 32.3 Å². The first-order valence-corrected chi connectivity index (χ1v) is 9.00. The molecule has 0 aliphatic heterocycles. The van der Waals surface area contributed by atoms with Crippen LogP contribution in [0.25, 0.3) is 0 Å². The molecule has 0 bridgehead atoms. The molecule has 0 unspecified atom stereocenters. The maximum atomic E-state index is 12.0. The van der Waals surface area contributed by atoms with Crippen LogP contribution in [0.5, 0.6) is 5.75 Å². The Morgan fingerprint density at radius 3 is 2.54 bits per heavy atom. The van der Waals surface area contributed by atoms with Crippen molar-refractivity contribution in [2.24, 2.45) is 5.92 Å². The molecule has 1 fully saturated rings. The van der Waals surface area contributed by atoms with E-state index in [1.807, 2.05) is 24.3 Å². The number of methoxy groups -OCH3 is 1. The summed E-state index contributed by atoms with van der Waals surface area (Å²) in [6.45, 7) is 3.59. The summed E-state index contributed by atoms with van der Waals surface area (Å²) in [6.07, 6.45) is 6.57. The van der Waals surface area contributed by atoms with E-state index in [0.717, 1.165) is 25.4 Å². The maximum absolute atomic E-state index is 12.0. The SMILES string of the molecule is COCCNCCNC(=O)c1ccc(OCC2CCCCC2)cc1. The number of ether oxygens (including phenoxy) is 2. The van der Waals surface area contributed by atoms with Gasteiger partial charge in [-0.1, -0.05) is 19.3 Å². The molecule has 1 saturated carbocycles. The first-order chi connectivity index (χ1) is 11.8. The fraction of sp³-hybridized carbons (Fsp3) is 0.632. The molecular weight excluding hydrogens is 304 g/mol. The molecular formula is C19H30N2O3. The number of benzene rings is 1. The van der Waals surface area contributed by atoms with Gasteiger partial charge in [0.15, 0.2) is 0 Å². The standard InChI is InChI=1S/C19H30N2O3/c1-23-14-13-20-11-12-21-19(22)17-7-9-18(10-8-17)24-15-16-5-3-2-4-6-16/h7-10,16,20H,2-6,11-15H2,1H3,(H,21,22). The molecule has 2 N–H and O–H groups in total. The molecule has 5 nitrogen and oxygen atoms in total. The van der Waals surface area contributed by atoms with Crippen LogP contribution in [0, 0.1) is 5.92 Å². The monoisotopic (exact) mass is 334 g/mol. The third kappa shape index (κ3) is 6.89. The summed E-state index contributed by atoms with van der Waals surface area (Å²) in [7, 11) is 1.67. The number of hydrogen-bond acceptors (Lipinski definition) is 4. The lowest BCUT2D eigenvalue weighted by atomic mass is 9.90. The predicted octanol–water partition coefficient (Wildman–Crippen LogP) is 2.61. The molecule has 1 aliphatic rings. The zero-order valence-corrected chi connectivity index (χ0v) is 14.7. The number of rotatable bonds is 10. The second-order valence-electron chi connectivity index (χ2n) is 6.34. The molecule has 2 rings (SSSR count). The van der Waals surface area contributed by atoms with Crippen molar-refractivity contribution in [1.82, 2.24) is 10.6 Å². The van der Waals surface area contributed by atoms with Gasteiger partial charge in [0.1, 0.15) is 5.75 Å². The van der Waals surface area contributed by atoms with Crippen molar-refractivity contribution in [2.45, 2.75) is 32.1 Å². The third-order valence-electron chi connectivity index (χ3n) is 4.40. The van der Waals surface area contributed by atoms with Crippen molar-refractivity contribution in [1.29, 1.82) is 0 Å². The normalized spacial score (nSPS) is 15.2. The lowest BCUT2D eigenvalue weighted by Crippen LogP contribution is -2.33. The molecule has 5 heteroatoms. The van der Waals surface area contributed by atoms with Gasteiger partial charge in [-0.15, -0.1) is 0 Å². The Bertz CT molecular complexity index is 470. The minimum Gasteiger partial charge on any atom is -0.493 e. The summed E-state index contributed by atoms with van der Waals surface area (Å²) in [5.41, 5.74) is 0.664. The Balaban J connectivity index is 1.65. The molecule has 0 spiro atoms.